The van der Waals surface area contributed by atoms with Gasteiger partial charge in [0.1, 0.15) is 0 Å². The van der Waals surface area contributed by atoms with Crippen LogP contribution in [0.5, 0.6) is 0 Å². The highest BCUT2D eigenvalue weighted by Gasteiger charge is 2.36. The minimum Gasteiger partial charge on any atom is -0.207 e. The van der Waals surface area contributed by atoms with Crippen molar-refractivity contribution >= 4 is 15.6 Å². The van der Waals surface area contributed by atoms with Crippen molar-refractivity contribution in [2.45, 2.75) is 30.2 Å². The molecule has 1 aliphatic heterocycles. The van der Waals surface area contributed by atoms with E-state index < -0.39 is 10.0 Å². The molecule has 3 nitrogen and oxygen atoms in total. The Morgan fingerprint density at radius 1 is 0.871 bits per heavy atom. The van der Waals surface area contributed by atoms with Gasteiger partial charge in [-0.3, -0.25) is 0 Å². The SMILES string of the molecule is C=CCC1C(=C(c2ccccc2)c2ccccc2)CCCN1S(=O)(=O)c1ccccc1. The topological polar surface area (TPSA) is 37.4 Å². The Morgan fingerprint density at radius 3 is 1.90 bits per heavy atom. The molecular formula is C27H27NO2S. The summed E-state index contributed by atoms with van der Waals surface area (Å²) in [5.41, 5.74) is 4.50. The molecule has 1 aliphatic rings. The molecule has 31 heavy (non-hydrogen) atoms. The van der Waals surface area contributed by atoms with Crippen LogP contribution < -0.4 is 0 Å². The average molecular weight is 430 g/mol. The average Bonchev–Trinajstić information content (AvgIpc) is 2.82. The fraction of sp³-hybridized carbons (Fsp3) is 0.185. The van der Waals surface area contributed by atoms with E-state index in [0.717, 1.165) is 35.1 Å². The molecule has 0 bridgehead atoms. The Labute approximate surface area is 185 Å². The van der Waals surface area contributed by atoms with E-state index in [1.165, 1.54) is 0 Å². The van der Waals surface area contributed by atoms with Crippen LogP contribution in [0, 0.1) is 0 Å². The lowest BCUT2D eigenvalue weighted by Gasteiger charge is -2.38. The third kappa shape index (κ3) is 4.41. The summed E-state index contributed by atoms with van der Waals surface area (Å²) < 4.78 is 28.8. The van der Waals surface area contributed by atoms with Crippen molar-refractivity contribution in [1.82, 2.24) is 4.31 Å². The van der Waals surface area contributed by atoms with Crippen molar-refractivity contribution in [2.75, 3.05) is 6.54 Å². The number of rotatable bonds is 6. The van der Waals surface area contributed by atoms with Crippen molar-refractivity contribution in [2.24, 2.45) is 0 Å². The highest BCUT2D eigenvalue weighted by molar-refractivity contribution is 7.89. The molecule has 3 aromatic rings. The second-order valence-electron chi connectivity index (χ2n) is 7.70. The number of nitrogens with zero attached hydrogens (tertiary/aromatic N) is 1. The van der Waals surface area contributed by atoms with E-state index in [2.05, 4.69) is 30.8 Å². The number of piperidine rings is 1. The Bertz CT molecular complexity index is 1110. The molecule has 1 heterocycles. The molecule has 4 heteroatoms. The van der Waals surface area contributed by atoms with Gasteiger partial charge in [-0.15, -0.1) is 6.58 Å². The molecule has 0 aromatic heterocycles. The second-order valence-corrected chi connectivity index (χ2v) is 9.60. The molecule has 4 rings (SSSR count). The molecule has 158 valence electrons. The summed E-state index contributed by atoms with van der Waals surface area (Å²) in [6.07, 6.45) is 4.05. The van der Waals surface area contributed by atoms with Crippen LogP contribution in [0.3, 0.4) is 0 Å². The van der Waals surface area contributed by atoms with E-state index >= 15 is 0 Å². The van der Waals surface area contributed by atoms with Crippen molar-refractivity contribution < 1.29 is 8.42 Å². The zero-order valence-electron chi connectivity index (χ0n) is 17.5. The lowest BCUT2D eigenvalue weighted by atomic mass is 9.84. The summed E-state index contributed by atoms with van der Waals surface area (Å²) in [5, 5.41) is 0. The van der Waals surface area contributed by atoms with Gasteiger partial charge in [0.25, 0.3) is 0 Å². The quantitative estimate of drug-likeness (QED) is 0.456. The summed E-state index contributed by atoms with van der Waals surface area (Å²) in [5.74, 6) is 0. The highest BCUT2D eigenvalue weighted by atomic mass is 32.2. The Balaban J connectivity index is 1.90. The lowest BCUT2D eigenvalue weighted by molar-refractivity contribution is 0.311. The van der Waals surface area contributed by atoms with Gasteiger partial charge in [0.2, 0.25) is 10.0 Å². The molecule has 1 saturated heterocycles. The maximum atomic E-state index is 13.6. The Morgan fingerprint density at radius 2 is 1.39 bits per heavy atom. The smallest absolute Gasteiger partial charge is 0.207 e. The maximum absolute atomic E-state index is 13.6. The molecule has 1 fully saturated rings. The van der Waals surface area contributed by atoms with Crippen molar-refractivity contribution in [3.8, 4) is 0 Å². The third-order valence-electron chi connectivity index (χ3n) is 5.76. The van der Waals surface area contributed by atoms with Crippen LogP contribution in [0.4, 0.5) is 0 Å². The van der Waals surface area contributed by atoms with E-state index in [-0.39, 0.29) is 6.04 Å². The summed E-state index contributed by atoms with van der Waals surface area (Å²) >= 11 is 0. The van der Waals surface area contributed by atoms with Gasteiger partial charge in [-0.1, -0.05) is 84.9 Å². The van der Waals surface area contributed by atoms with Gasteiger partial charge in [-0.25, -0.2) is 8.42 Å². The maximum Gasteiger partial charge on any atom is 0.243 e. The highest BCUT2D eigenvalue weighted by Crippen LogP contribution is 2.38. The Kier molecular flexibility index (Phi) is 6.50. The lowest BCUT2D eigenvalue weighted by Crippen LogP contribution is -2.45. The first kappa shape index (κ1) is 21.3. The molecular weight excluding hydrogens is 402 g/mol. The number of hydrogen-bond acceptors (Lipinski definition) is 2. The summed E-state index contributed by atoms with van der Waals surface area (Å²) in [4.78, 5) is 0.339. The molecule has 0 radical (unpaired) electrons. The molecule has 1 atom stereocenters. The van der Waals surface area contributed by atoms with Crippen molar-refractivity contribution in [3.63, 3.8) is 0 Å². The van der Waals surface area contributed by atoms with Gasteiger partial charge >= 0.3 is 0 Å². The zero-order chi connectivity index (χ0) is 21.7. The fourth-order valence-corrected chi connectivity index (χ4v) is 6.08. The minimum atomic E-state index is -3.61. The van der Waals surface area contributed by atoms with Gasteiger partial charge < -0.3 is 0 Å². The van der Waals surface area contributed by atoms with E-state index in [4.69, 9.17) is 0 Å². The van der Waals surface area contributed by atoms with E-state index in [9.17, 15) is 8.42 Å². The van der Waals surface area contributed by atoms with Gasteiger partial charge in [0, 0.05) is 6.54 Å². The van der Waals surface area contributed by atoms with E-state index in [1.807, 2.05) is 48.5 Å². The summed E-state index contributed by atoms with van der Waals surface area (Å²) in [6, 6.07) is 29.0. The fourth-order valence-electron chi connectivity index (χ4n) is 4.39. The number of benzene rings is 3. The monoisotopic (exact) mass is 429 g/mol. The van der Waals surface area contributed by atoms with Crippen LogP contribution in [-0.4, -0.2) is 25.3 Å². The first-order valence-corrected chi connectivity index (χ1v) is 12.1. The molecule has 0 aliphatic carbocycles. The molecule has 1 unspecified atom stereocenters. The van der Waals surface area contributed by atoms with Crippen LogP contribution in [0.2, 0.25) is 0 Å². The molecule has 0 spiro atoms. The standard InChI is InChI=1S/C27H27NO2S/c1-2-13-26-25(20-12-21-28(26)31(29,30)24-18-10-5-11-19-24)27(22-14-6-3-7-15-22)23-16-8-4-9-17-23/h2-11,14-19,26H,1,12-13,20-21H2. The van der Waals surface area contributed by atoms with Crippen LogP contribution in [0.25, 0.3) is 5.57 Å². The van der Waals surface area contributed by atoms with Gasteiger partial charge in [0.05, 0.1) is 10.9 Å². The zero-order valence-corrected chi connectivity index (χ0v) is 18.3. The molecule has 0 N–H and O–H groups in total. The van der Waals surface area contributed by atoms with Crippen LogP contribution in [-0.2, 0) is 10.0 Å². The predicted octanol–water partition coefficient (Wildman–Crippen LogP) is 5.92. The first-order chi connectivity index (χ1) is 15.1. The largest absolute Gasteiger partial charge is 0.243 e. The van der Waals surface area contributed by atoms with Crippen LogP contribution >= 0.6 is 0 Å². The van der Waals surface area contributed by atoms with E-state index in [0.29, 0.717) is 17.9 Å². The predicted molar refractivity (Wildman–Crippen MR) is 127 cm³/mol. The first-order valence-electron chi connectivity index (χ1n) is 10.6. The van der Waals surface area contributed by atoms with E-state index in [1.54, 1.807) is 28.6 Å². The normalized spacial score (nSPS) is 17.3. The number of sulfonamides is 1. The van der Waals surface area contributed by atoms with Crippen LogP contribution in [0.15, 0.2) is 114 Å². The molecule has 0 amide bonds. The second kappa shape index (κ2) is 9.46. The third-order valence-corrected chi connectivity index (χ3v) is 7.68. The summed E-state index contributed by atoms with van der Waals surface area (Å²) in [7, 11) is -3.61. The van der Waals surface area contributed by atoms with Crippen molar-refractivity contribution in [3.05, 3.63) is 120 Å². The van der Waals surface area contributed by atoms with Gasteiger partial charge in [-0.05, 0) is 53.7 Å². The minimum absolute atomic E-state index is 0.258. The van der Waals surface area contributed by atoms with Crippen LogP contribution in [0.1, 0.15) is 30.4 Å². The Hall–Kier alpha value is -2.95. The molecule has 0 saturated carbocycles. The molecule has 3 aromatic carbocycles. The van der Waals surface area contributed by atoms with Gasteiger partial charge in [-0.2, -0.15) is 4.31 Å². The van der Waals surface area contributed by atoms with Crippen molar-refractivity contribution in [1.29, 1.82) is 0 Å². The van der Waals surface area contributed by atoms with Gasteiger partial charge in [0.15, 0.2) is 0 Å². The summed E-state index contributed by atoms with van der Waals surface area (Å²) in [6.45, 7) is 4.45. The number of hydrogen-bond donors (Lipinski definition) is 0.